The van der Waals surface area contributed by atoms with Gasteiger partial charge in [0.05, 0.1) is 20.3 Å². The third-order valence-corrected chi connectivity index (χ3v) is 2.34. The number of hydrogen-bond donors (Lipinski definition) is 0. The molecule has 1 aliphatic rings. The zero-order valence-corrected chi connectivity index (χ0v) is 8.00. The van der Waals surface area contributed by atoms with Crippen LogP contribution in [-0.4, -0.2) is 26.3 Å². The van der Waals surface area contributed by atoms with E-state index in [4.69, 9.17) is 4.74 Å². The van der Waals surface area contributed by atoms with Crippen molar-refractivity contribution in [3.63, 3.8) is 0 Å². The topological polar surface area (TPSA) is 35.5 Å². The lowest BCUT2D eigenvalue weighted by atomic mass is 9.85. The van der Waals surface area contributed by atoms with E-state index < -0.39 is 0 Å². The molecule has 1 fully saturated rings. The SMILES string of the molecule is C=CC1(C)COCC1=CC(=O)OC. The van der Waals surface area contributed by atoms with Crippen LogP contribution in [0.5, 0.6) is 0 Å². The molecule has 1 heterocycles. The average molecular weight is 182 g/mol. The zero-order chi connectivity index (χ0) is 9.90. The summed E-state index contributed by atoms with van der Waals surface area (Å²) in [6.45, 7) is 6.78. The number of carbonyl (C=O) groups excluding carboxylic acids is 1. The number of rotatable bonds is 2. The van der Waals surface area contributed by atoms with E-state index in [1.807, 2.05) is 6.92 Å². The molecule has 0 N–H and O–H groups in total. The van der Waals surface area contributed by atoms with Crippen molar-refractivity contribution >= 4 is 5.97 Å². The van der Waals surface area contributed by atoms with E-state index in [-0.39, 0.29) is 11.4 Å². The molecule has 0 aromatic carbocycles. The van der Waals surface area contributed by atoms with Crippen LogP contribution in [0.2, 0.25) is 0 Å². The molecule has 0 aliphatic carbocycles. The zero-order valence-electron chi connectivity index (χ0n) is 8.00. The first-order valence-electron chi connectivity index (χ1n) is 4.13. The summed E-state index contributed by atoms with van der Waals surface area (Å²) in [5.41, 5.74) is 0.711. The minimum Gasteiger partial charge on any atom is -0.466 e. The standard InChI is InChI=1S/C10H14O3/c1-4-10(2)7-13-6-8(10)5-9(11)12-3/h4-5H,1,6-7H2,2-3H3. The van der Waals surface area contributed by atoms with Gasteiger partial charge in [0.1, 0.15) is 0 Å². The summed E-state index contributed by atoms with van der Waals surface area (Å²) < 4.78 is 9.81. The van der Waals surface area contributed by atoms with Crippen LogP contribution in [0.1, 0.15) is 6.92 Å². The Morgan fingerprint density at radius 3 is 3.00 bits per heavy atom. The quantitative estimate of drug-likeness (QED) is 0.367. The first-order chi connectivity index (χ1) is 6.12. The summed E-state index contributed by atoms with van der Waals surface area (Å²) in [7, 11) is 1.36. The summed E-state index contributed by atoms with van der Waals surface area (Å²) in [5.74, 6) is -0.339. The van der Waals surface area contributed by atoms with Crippen molar-refractivity contribution in [2.45, 2.75) is 6.92 Å². The van der Waals surface area contributed by atoms with Gasteiger partial charge in [-0.1, -0.05) is 13.0 Å². The molecule has 3 nitrogen and oxygen atoms in total. The van der Waals surface area contributed by atoms with E-state index in [1.165, 1.54) is 13.2 Å². The molecule has 1 rings (SSSR count). The van der Waals surface area contributed by atoms with Crippen LogP contribution in [0.3, 0.4) is 0 Å². The van der Waals surface area contributed by atoms with E-state index in [2.05, 4.69) is 11.3 Å². The second kappa shape index (κ2) is 3.75. The molecule has 0 amide bonds. The summed E-state index contributed by atoms with van der Waals surface area (Å²) in [4.78, 5) is 11.0. The smallest absolute Gasteiger partial charge is 0.330 e. The Morgan fingerprint density at radius 1 is 1.77 bits per heavy atom. The van der Waals surface area contributed by atoms with Crippen molar-refractivity contribution in [2.24, 2.45) is 5.41 Å². The maximum absolute atomic E-state index is 11.0. The van der Waals surface area contributed by atoms with E-state index in [0.29, 0.717) is 13.2 Å². The third-order valence-electron chi connectivity index (χ3n) is 2.34. The Labute approximate surface area is 78.0 Å². The number of carbonyl (C=O) groups is 1. The van der Waals surface area contributed by atoms with E-state index in [9.17, 15) is 4.79 Å². The van der Waals surface area contributed by atoms with E-state index in [1.54, 1.807) is 6.08 Å². The highest BCUT2D eigenvalue weighted by molar-refractivity contribution is 5.83. The van der Waals surface area contributed by atoms with E-state index >= 15 is 0 Å². The lowest BCUT2D eigenvalue weighted by Crippen LogP contribution is -2.15. The van der Waals surface area contributed by atoms with Gasteiger partial charge in [0.25, 0.3) is 0 Å². The molecule has 0 bridgehead atoms. The molecule has 1 saturated heterocycles. The monoisotopic (exact) mass is 182 g/mol. The molecule has 1 aliphatic heterocycles. The molecule has 0 radical (unpaired) electrons. The largest absolute Gasteiger partial charge is 0.466 e. The van der Waals surface area contributed by atoms with Crippen LogP contribution in [0, 0.1) is 5.41 Å². The van der Waals surface area contributed by atoms with Crippen LogP contribution in [-0.2, 0) is 14.3 Å². The van der Waals surface area contributed by atoms with Gasteiger partial charge in [0.15, 0.2) is 0 Å². The van der Waals surface area contributed by atoms with Gasteiger partial charge >= 0.3 is 5.97 Å². The predicted molar refractivity (Wildman–Crippen MR) is 49.2 cm³/mol. The summed E-state index contributed by atoms with van der Waals surface area (Å²) >= 11 is 0. The van der Waals surface area contributed by atoms with Gasteiger partial charge in [-0.15, -0.1) is 6.58 Å². The lowest BCUT2D eigenvalue weighted by molar-refractivity contribution is -0.134. The fraction of sp³-hybridized carbons (Fsp3) is 0.500. The van der Waals surface area contributed by atoms with Gasteiger partial charge in [-0.05, 0) is 5.57 Å². The molecular weight excluding hydrogens is 168 g/mol. The highest BCUT2D eigenvalue weighted by atomic mass is 16.5. The van der Waals surface area contributed by atoms with Crippen LogP contribution in [0.4, 0.5) is 0 Å². The molecule has 72 valence electrons. The van der Waals surface area contributed by atoms with Crippen molar-refractivity contribution in [1.29, 1.82) is 0 Å². The average Bonchev–Trinajstić information content (AvgIpc) is 2.49. The minimum atomic E-state index is -0.339. The lowest BCUT2D eigenvalue weighted by Gasteiger charge is -2.17. The molecule has 1 unspecified atom stereocenters. The highest BCUT2D eigenvalue weighted by Gasteiger charge is 2.32. The second-order valence-corrected chi connectivity index (χ2v) is 3.31. The summed E-state index contributed by atoms with van der Waals surface area (Å²) in [6.07, 6.45) is 3.28. The molecule has 0 saturated carbocycles. The maximum atomic E-state index is 11.0. The summed E-state index contributed by atoms with van der Waals surface area (Å²) in [6, 6.07) is 0. The third kappa shape index (κ3) is 1.98. The van der Waals surface area contributed by atoms with Crippen molar-refractivity contribution < 1.29 is 14.3 Å². The first-order valence-corrected chi connectivity index (χ1v) is 4.13. The van der Waals surface area contributed by atoms with Gasteiger partial charge in [0.2, 0.25) is 0 Å². The maximum Gasteiger partial charge on any atom is 0.330 e. The van der Waals surface area contributed by atoms with Gasteiger partial charge in [-0.2, -0.15) is 0 Å². The molecule has 3 heteroatoms. The normalized spacial score (nSPS) is 30.5. The number of hydrogen-bond acceptors (Lipinski definition) is 3. The Kier molecular flexibility index (Phi) is 2.88. The highest BCUT2D eigenvalue weighted by Crippen LogP contribution is 2.34. The Morgan fingerprint density at radius 2 is 2.46 bits per heavy atom. The van der Waals surface area contributed by atoms with Crippen molar-refractivity contribution in [1.82, 2.24) is 0 Å². The molecule has 0 spiro atoms. The molecular formula is C10H14O3. The molecule has 0 aromatic rings. The Bertz CT molecular complexity index is 255. The van der Waals surface area contributed by atoms with Gasteiger partial charge in [0, 0.05) is 11.5 Å². The fourth-order valence-corrected chi connectivity index (χ4v) is 1.23. The summed E-state index contributed by atoms with van der Waals surface area (Å²) in [5, 5.41) is 0. The molecule has 0 aromatic heterocycles. The van der Waals surface area contributed by atoms with E-state index in [0.717, 1.165) is 5.57 Å². The van der Waals surface area contributed by atoms with Gasteiger partial charge in [-0.25, -0.2) is 4.79 Å². The van der Waals surface area contributed by atoms with Crippen molar-refractivity contribution in [3.8, 4) is 0 Å². The predicted octanol–water partition coefficient (Wildman–Crippen LogP) is 1.31. The Balaban J connectivity index is 2.85. The van der Waals surface area contributed by atoms with Crippen LogP contribution < -0.4 is 0 Å². The number of methoxy groups -OCH3 is 1. The van der Waals surface area contributed by atoms with Crippen LogP contribution in [0.25, 0.3) is 0 Å². The van der Waals surface area contributed by atoms with Crippen LogP contribution >= 0.6 is 0 Å². The minimum absolute atomic E-state index is 0.214. The fourth-order valence-electron chi connectivity index (χ4n) is 1.23. The number of ether oxygens (including phenoxy) is 2. The second-order valence-electron chi connectivity index (χ2n) is 3.31. The Hall–Kier alpha value is -1.09. The van der Waals surface area contributed by atoms with Crippen molar-refractivity contribution in [3.05, 3.63) is 24.3 Å². The van der Waals surface area contributed by atoms with Gasteiger partial charge in [-0.3, -0.25) is 0 Å². The van der Waals surface area contributed by atoms with Crippen molar-refractivity contribution in [2.75, 3.05) is 20.3 Å². The van der Waals surface area contributed by atoms with Gasteiger partial charge < -0.3 is 9.47 Å². The molecule has 1 atom stereocenters. The molecule has 13 heavy (non-hydrogen) atoms. The number of esters is 1. The van der Waals surface area contributed by atoms with Crippen LogP contribution in [0.15, 0.2) is 24.3 Å². The first kappa shape index (κ1) is 9.99.